The number of fused-ring (bicyclic) bond motifs is 1. The van der Waals surface area contributed by atoms with Gasteiger partial charge in [0, 0.05) is 42.0 Å². The molecule has 3 amide bonds. The van der Waals surface area contributed by atoms with E-state index in [1.54, 1.807) is 18.5 Å². The first-order valence-corrected chi connectivity index (χ1v) is 11.3. The zero-order chi connectivity index (χ0) is 24.0. The van der Waals surface area contributed by atoms with Crippen molar-refractivity contribution < 1.29 is 14.4 Å². The summed E-state index contributed by atoms with van der Waals surface area (Å²) in [6.07, 6.45) is 5.81. The van der Waals surface area contributed by atoms with E-state index in [-0.39, 0.29) is 24.7 Å². The maximum absolute atomic E-state index is 13.3. The molecule has 0 bridgehead atoms. The third-order valence-corrected chi connectivity index (χ3v) is 6.22. The van der Waals surface area contributed by atoms with E-state index in [0.717, 1.165) is 27.8 Å². The summed E-state index contributed by atoms with van der Waals surface area (Å²) in [5, 5.41) is 4.88. The fraction of sp³-hybridized carbons (Fsp3) is 0.240. The van der Waals surface area contributed by atoms with Crippen LogP contribution in [0.1, 0.15) is 37.0 Å². The van der Waals surface area contributed by atoms with E-state index < -0.39 is 11.9 Å². The largest absolute Gasteiger partial charge is 0.344 e. The van der Waals surface area contributed by atoms with Crippen LogP contribution in [0.15, 0.2) is 48.9 Å². The number of hydrogen-bond acceptors (Lipinski definition) is 6. The van der Waals surface area contributed by atoms with Gasteiger partial charge in [0.1, 0.15) is 17.5 Å². The number of carbonyl (C=O) groups excluding carboxylic acids is 3. The molecular weight excluding hydrogens is 432 g/mol. The van der Waals surface area contributed by atoms with Gasteiger partial charge < -0.3 is 9.88 Å². The Morgan fingerprint density at radius 3 is 2.62 bits per heavy atom. The number of nitrogens with one attached hydrogen (secondary N) is 2. The average molecular weight is 457 g/mol. The topological polar surface area (TPSA) is 111 Å². The van der Waals surface area contributed by atoms with Crippen molar-refractivity contribution in [3.63, 3.8) is 0 Å². The lowest BCUT2D eigenvalue weighted by Gasteiger charge is -2.29. The quantitative estimate of drug-likeness (QED) is 0.455. The van der Waals surface area contributed by atoms with Crippen molar-refractivity contribution in [2.24, 2.45) is 0 Å². The highest BCUT2D eigenvalue weighted by Gasteiger charge is 2.42. The molecule has 0 aliphatic carbocycles. The average Bonchev–Trinajstić information content (AvgIpc) is 3.41. The Hall–Kier alpha value is -4.27. The zero-order valence-electron chi connectivity index (χ0n) is 19.1. The fourth-order valence-corrected chi connectivity index (χ4v) is 4.68. The van der Waals surface area contributed by atoms with Gasteiger partial charge in [-0.1, -0.05) is 26.0 Å². The number of rotatable bonds is 3. The Labute approximate surface area is 195 Å². The van der Waals surface area contributed by atoms with Crippen molar-refractivity contribution in [3.8, 4) is 0 Å². The molecule has 0 radical (unpaired) electrons. The molecule has 1 aromatic carbocycles. The summed E-state index contributed by atoms with van der Waals surface area (Å²) >= 11 is 0. The van der Waals surface area contributed by atoms with Crippen LogP contribution in [0, 0.1) is 0 Å². The first-order chi connectivity index (χ1) is 16.5. The predicted molar refractivity (Wildman–Crippen MR) is 130 cm³/mol. The summed E-state index contributed by atoms with van der Waals surface area (Å²) in [7, 11) is 1.94. The second-order valence-electron chi connectivity index (χ2n) is 7.97. The van der Waals surface area contributed by atoms with Crippen molar-refractivity contribution >= 4 is 56.7 Å². The number of pyridine rings is 2. The monoisotopic (exact) mass is 456 g/mol. The minimum absolute atomic E-state index is 0.190. The van der Waals surface area contributed by atoms with Crippen molar-refractivity contribution in [3.05, 3.63) is 54.5 Å². The van der Waals surface area contributed by atoms with Crippen LogP contribution in [-0.4, -0.2) is 45.8 Å². The molecule has 5 heterocycles. The van der Waals surface area contributed by atoms with E-state index in [4.69, 9.17) is 0 Å². The minimum atomic E-state index is -0.758. The molecule has 1 unspecified atom stereocenters. The summed E-state index contributed by atoms with van der Waals surface area (Å²) in [5.74, 6) is -0.611. The SMILES string of the molecule is CC.CN(c1c[nH]c2ncccc12)c1cnc2c3c(cccc13)C(=O)N2C1CCC(=O)NC1=O. The van der Waals surface area contributed by atoms with E-state index in [9.17, 15) is 14.4 Å². The molecule has 6 rings (SSSR count). The van der Waals surface area contributed by atoms with Gasteiger partial charge in [-0.2, -0.15) is 0 Å². The number of aromatic nitrogens is 3. The van der Waals surface area contributed by atoms with Gasteiger partial charge in [-0.3, -0.25) is 24.6 Å². The van der Waals surface area contributed by atoms with Crippen molar-refractivity contribution in [1.82, 2.24) is 20.3 Å². The molecule has 0 saturated carbocycles. The molecule has 4 aromatic rings. The zero-order valence-corrected chi connectivity index (χ0v) is 19.1. The number of nitrogens with zero attached hydrogens (tertiary/aromatic N) is 4. The third kappa shape index (κ3) is 3.12. The summed E-state index contributed by atoms with van der Waals surface area (Å²) in [4.78, 5) is 53.0. The number of amides is 3. The van der Waals surface area contributed by atoms with Crippen molar-refractivity contribution in [2.75, 3.05) is 16.8 Å². The Bertz CT molecular complexity index is 1460. The van der Waals surface area contributed by atoms with Gasteiger partial charge in [-0.05, 0) is 24.6 Å². The lowest BCUT2D eigenvalue weighted by Crippen LogP contribution is -2.53. The number of anilines is 3. The number of H-pyrrole nitrogens is 1. The Kier molecular flexibility index (Phi) is 5.24. The first-order valence-electron chi connectivity index (χ1n) is 11.3. The molecule has 34 heavy (non-hydrogen) atoms. The van der Waals surface area contributed by atoms with Crippen LogP contribution >= 0.6 is 0 Å². The molecule has 2 aliphatic heterocycles. The molecule has 1 fully saturated rings. The van der Waals surface area contributed by atoms with Crippen LogP contribution in [0.3, 0.4) is 0 Å². The van der Waals surface area contributed by atoms with Crippen molar-refractivity contribution in [2.45, 2.75) is 32.7 Å². The van der Waals surface area contributed by atoms with Gasteiger partial charge in [0.15, 0.2) is 0 Å². The van der Waals surface area contributed by atoms with Gasteiger partial charge in [0.25, 0.3) is 5.91 Å². The van der Waals surface area contributed by atoms with Crippen LogP contribution < -0.4 is 15.1 Å². The second-order valence-corrected chi connectivity index (χ2v) is 7.97. The molecule has 1 atom stereocenters. The highest BCUT2D eigenvalue weighted by molar-refractivity contribution is 6.27. The molecule has 2 aliphatic rings. The lowest BCUT2D eigenvalue weighted by atomic mass is 10.0. The van der Waals surface area contributed by atoms with Crippen LogP contribution in [0.2, 0.25) is 0 Å². The number of piperidine rings is 1. The van der Waals surface area contributed by atoms with Crippen LogP contribution in [0.25, 0.3) is 21.8 Å². The Morgan fingerprint density at radius 1 is 1.03 bits per heavy atom. The van der Waals surface area contributed by atoms with E-state index in [1.165, 1.54) is 4.90 Å². The van der Waals surface area contributed by atoms with Crippen molar-refractivity contribution in [1.29, 1.82) is 0 Å². The number of benzene rings is 1. The Balaban J connectivity index is 0.00000117. The summed E-state index contributed by atoms with van der Waals surface area (Å²) in [5.41, 5.74) is 3.05. The highest BCUT2D eigenvalue weighted by atomic mass is 16.2. The maximum Gasteiger partial charge on any atom is 0.260 e. The maximum atomic E-state index is 13.3. The lowest BCUT2D eigenvalue weighted by molar-refractivity contribution is -0.134. The Morgan fingerprint density at radius 2 is 1.82 bits per heavy atom. The minimum Gasteiger partial charge on any atom is -0.344 e. The number of carbonyl (C=O) groups is 3. The molecule has 1 saturated heterocycles. The normalized spacial score (nSPS) is 17.1. The van der Waals surface area contributed by atoms with Gasteiger partial charge in [-0.25, -0.2) is 9.97 Å². The smallest absolute Gasteiger partial charge is 0.260 e. The fourth-order valence-electron chi connectivity index (χ4n) is 4.68. The van der Waals surface area contributed by atoms with E-state index in [1.807, 2.05) is 56.3 Å². The molecule has 9 heteroatoms. The summed E-state index contributed by atoms with van der Waals surface area (Å²) in [6.45, 7) is 4.00. The molecule has 9 nitrogen and oxygen atoms in total. The molecule has 3 aromatic heterocycles. The predicted octanol–water partition coefficient (Wildman–Crippen LogP) is 3.67. The molecule has 0 spiro atoms. The molecule has 172 valence electrons. The van der Waals surface area contributed by atoms with E-state index in [0.29, 0.717) is 16.8 Å². The number of aromatic amines is 1. The van der Waals surface area contributed by atoms with E-state index in [2.05, 4.69) is 20.3 Å². The summed E-state index contributed by atoms with van der Waals surface area (Å²) < 4.78 is 0. The standard InChI is InChI=1S/C23H18N6O3.C2H6/c1-28(17-10-25-20-13(17)6-3-9-24-20)16-11-26-21-19-12(16)4-2-5-14(19)23(32)29(21)15-7-8-18(30)27-22(15)31;1-2/h2-6,9-11,15H,7-8H2,1H3,(H,24,25)(H,27,30,31);1-2H3. The van der Waals surface area contributed by atoms with Crippen LogP contribution in [-0.2, 0) is 9.59 Å². The third-order valence-electron chi connectivity index (χ3n) is 6.22. The van der Waals surface area contributed by atoms with Crippen LogP contribution in [0.5, 0.6) is 0 Å². The number of imide groups is 1. The molecule has 2 N–H and O–H groups in total. The van der Waals surface area contributed by atoms with E-state index >= 15 is 0 Å². The number of hydrogen-bond donors (Lipinski definition) is 2. The van der Waals surface area contributed by atoms with Crippen LogP contribution in [0.4, 0.5) is 17.2 Å². The van der Waals surface area contributed by atoms with Gasteiger partial charge in [0.05, 0.1) is 23.1 Å². The van der Waals surface area contributed by atoms with Gasteiger partial charge in [0.2, 0.25) is 11.8 Å². The first kappa shape index (κ1) is 21.6. The summed E-state index contributed by atoms with van der Waals surface area (Å²) in [6, 6.07) is 8.65. The second kappa shape index (κ2) is 8.26. The van der Waals surface area contributed by atoms with Gasteiger partial charge in [-0.15, -0.1) is 0 Å². The highest BCUT2D eigenvalue weighted by Crippen LogP contribution is 2.43. The molecular formula is C25H24N6O3. The van der Waals surface area contributed by atoms with Gasteiger partial charge >= 0.3 is 0 Å².